The van der Waals surface area contributed by atoms with Crippen LogP contribution in [0.5, 0.6) is 0 Å². The molecule has 3 aromatic heterocycles. The molecule has 1 aromatic carbocycles. The Morgan fingerprint density at radius 2 is 1.76 bits per heavy atom. The number of aliphatic carboxylic acids is 1. The summed E-state index contributed by atoms with van der Waals surface area (Å²) >= 11 is 0. The van der Waals surface area contributed by atoms with E-state index in [9.17, 15) is 26.7 Å². The first-order valence-corrected chi connectivity index (χ1v) is 12.6. The van der Waals surface area contributed by atoms with E-state index in [1.807, 2.05) is 40.6 Å². The third kappa shape index (κ3) is 6.88. The number of rotatable bonds is 4. The Balaban J connectivity index is 0.000000493. The Kier molecular flexibility index (Phi) is 8.71. The van der Waals surface area contributed by atoms with E-state index in [0.29, 0.717) is 41.7 Å². The highest BCUT2D eigenvalue weighted by molar-refractivity contribution is 6.00. The molecule has 1 N–H and O–H groups in total. The van der Waals surface area contributed by atoms with E-state index in [2.05, 4.69) is 16.9 Å². The lowest BCUT2D eigenvalue weighted by molar-refractivity contribution is -0.192. The number of aryl methyl sites for hydroxylation is 1. The molecule has 0 bridgehead atoms. The number of halogens is 5. The van der Waals surface area contributed by atoms with Gasteiger partial charge in [0.1, 0.15) is 23.2 Å². The van der Waals surface area contributed by atoms with Crippen LogP contribution in [0.15, 0.2) is 48.8 Å². The maximum atomic E-state index is 14.2. The minimum Gasteiger partial charge on any atom is -0.475 e. The maximum Gasteiger partial charge on any atom is 0.490 e. The van der Waals surface area contributed by atoms with E-state index in [1.54, 1.807) is 10.8 Å². The predicted octanol–water partition coefficient (Wildman–Crippen LogP) is 4.24. The monoisotopic (exact) mass is 578 g/mol. The first-order valence-electron chi connectivity index (χ1n) is 12.6. The van der Waals surface area contributed by atoms with Gasteiger partial charge in [0.25, 0.3) is 5.91 Å². The Morgan fingerprint density at radius 3 is 2.44 bits per heavy atom. The number of fused-ring (bicyclic) bond motifs is 1. The average Bonchev–Trinajstić information content (AvgIpc) is 3.39. The van der Waals surface area contributed by atoms with Crippen molar-refractivity contribution in [2.45, 2.75) is 26.1 Å². The highest BCUT2D eigenvalue weighted by atomic mass is 19.4. The molecule has 4 heterocycles. The van der Waals surface area contributed by atoms with Crippen molar-refractivity contribution in [2.75, 3.05) is 33.2 Å². The van der Waals surface area contributed by atoms with Crippen LogP contribution < -0.4 is 0 Å². The summed E-state index contributed by atoms with van der Waals surface area (Å²) in [5, 5.41) is 7.12. The van der Waals surface area contributed by atoms with Crippen molar-refractivity contribution in [2.24, 2.45) is 0 Å². The lowest BCUT2D eigenvalue weighted by Crippen LogP contribution is -2.34. The standard InChI is InChI=1S/C25H26F2N6O.C2HF3O2/c1-17-28-21(16-32(17)15-18-7-8-19(26)14-20(18)27)24-29-23(22-6-3-4-11-33(22)24)25(34)31-10-5-9-30(2)12-13-31;3-2(4,5)1(6)7/h3-4,6-8,11,14,16H,5,9-10,12-13,15H2,1-2H3;(H,6,7). The Hall–Kier alpha value is -4.33. The summed E-state index contributed by atoms with van der Waals surface area (Å²) in [7, 11) is 2.06. The first-order chi connectivity index (χ1) is 19.3. The van der Waals surface area contributed by atoms with Crippen LogP contribution in [0.2, 0.25) is 0 Å². The van der Waals surface area contributed by atoms with E-state index in [-0.39, 0.29) is 12.5 Å². The van der Waals surface area contributed by atoms with Gasteiger partial charge in [-0.1, -0.05) is 12.1 Å². The summed E-state index contributed by atoms with van der Waals surface area (Å²) in [5.41, 5.74) is 2.06. The summed E-state index contributed by atoms with van der Waals surface area (Å²) in [6.07, 6.45) is -0.516. The molecule has 0 atom stereocenters. The molecule has 1 aliphatic heterocycles. The second-order valence-electron chi connectivity index (χ2n) is 9.53. The van der Waals surface area contributed by atoms with Crippen molar-refractivity contribution in [3.8, 4) is 11.5 Å². The van der Waals surface area contributed by atoms with Gasteiger partial charge in [-0.25, -0.2) is 23.5 Å². The number of carbonyl (C=O) groups is 2. The Morgan fingerprint density at radius 1 is 1.02 bits per heavy atom. The fraction of sp³-hybridized carbons (Fsp3) is 0.333. The fourth-order valence-corrected chi connectivity index (χ4v) is 4.38. The summed E-state index contributed by atoms with van der Waals surface area (Å²) in [6, 6.07) is 9.20. The first kappa shape index (κ1) is 29.6. The molecule has 0 aliphatic carbocycles. The molecule has 0 unspecified atom stereocenters. The second-order valence-corrected chi connectivity index (χ2v) is 9.53. The van der Waals surface area contributed by atoms with Gasteiger partial charge in [-0.05, 0) is 45.1 Å². The van der Waals surface area contributed by atoms with Gasteiger partial charge < -0.3 is 19.5 Å². The normalized spacial score (nSPS) is 14.5. The molecule has 218 valence electrons. The number of likely N-dealkylation sites (N-methyl/N-ethyl adjacent to an activating group) is 1. The number of carboxylic acids is 1. The van der Waals surface area contributed by atoms with Gasteiger partial charge in [0.05, 0.1) is 12.1 Å². The third-order valence-corrected chi connectivity index (χ3v) is 6.56. The lowest BCUT2D eigenvalue weighted by Gasteiger charge is -2.19. The molecule has 0 spiro atoms. The number of imidazole rings is 2. The van der Waals surface area contributed by atoms with E-state index < -0.39 is 23.8 Å². The summed E-state index contributed by atoms with van der Waals surface area (Å²) in [6.45, 7) is 5.18. The quantitative estimate of drug-likeness (QED) is 0.364. The summed E-state index contributed by atoms with van der Waals surface area (Å²) in [4.78, 5) is 35.8. The van der Waals surface area contributed by atoms with Crippen LogP contribution in [-0.4, -0.2) is 85.1 Å². The number of alkyl halides is 3. The lowest BCUT2D eigenvalue weighted by atomic mass is 10.2. The second kappa shape index (κ2) is 12.0. The van der Waals surface area contributed by atoms with Gasteiger partial charge in [-0.3, -0.25) is 9.20 Å². The summed E-state index contributed by atoms with van der Waals surface area (Å²) in [5.74, 6) is -2.84. The average molecular weight is 579 g/mol. The molecule has 5 rings (SSSR count). The number of carboxylic acid groups (broad SMARTS) is 1. The van der Waals surface area contributed by atoms with Crippen LogP contribution in [-0.2, 0) is 11.3 Å². The van der Waals surface area contributed by atoms with Crippen LogP contribution in [0, 0.1) is 18.6 Å². The molecular weight excluding hydrogens is 551 g/mol. The van der Waals surface area contributed by atoms with E-state index >= 15 is 0 Å². The molecule has 0 radical (unpaired) electrons. The highest BCUT2D eigenvalue weighted by Crippen LogP contribution is 2.25. The molecule has 1 aliphatic rings. The number of benzene rings is 1. The SMILES string of the molecule is Cc1nc(-c2nc(C(=O)N3CCCN(C)CC3)c3ccccn23)cn1Cc1ccc(F)cc1F.O=C(O)C(F)(F)F. The summed E-state index contributed by atoms with van der Waals surface area (Å²) < 4.78 is 62.9. The molecule has 9 nitrogen and oxygen atoms in total. The Bertz CT molecular complexity index is 1560. The van der Waals surface area contributed by atoms with Crippen molar-refractivity contribution in [1.29, 1.82) is 0 Å². The van der Waals surface area contributed by atoms with Crippen molar-refractivity contribution in [3.63, 3.8) is 0 Å². The van der Waals surface area contributed by atoms with Crippen molar-refractivity contribution < 1.29 is 36.6 Å². The fourth-order valence-electron chi connectivity index (χ4n) is 4.38. The van der Waals surface area contributed by atoms with Gasteiger partial charge in [0.2, 0.25) is 0 Å². The molecule has 0 saturated carbocycles. The van der Waals surface area contributed by atoms with E-state index in [0.717, 1.165) is 31.1 Å². The predicted molar refractivity (Wildman–Crippen MR) is 138 cm³/mol. The van der Waals surface area contributed by atoms with Gasteiger partial charge in [-0.2, -0.15) is 13.2 Å². The zero-order valence-corrected chi connectivity index (χ0v) is 22.2. The largest absolute Gasteiger partial charge is 0.490 e. The highest BCUT2D eigenvalue weighted by Gasteiger charge is 2.38. The van der Waals surface area contributed by atoms with Crippen LogP contribution in [0.25, 0.3) is 17.0 Å². The van der Waals surface area contributed by atoms with Crippen LogP contribution >= 0.6 is 0 Å². The van der Waals surface area contributed by atoms with Gasteiger partial charge in [-0.15, -0.1) is 0 Å². The number of pyridine rings is 1. The number of nitrogens with zero attached hydrogens (tertiary/aromatic N) is 6. The molecule has 1 saturated heterocycles. The zero-order chi connectivity index (χ0) is 29.9. The molecular formula is C27H27F5N6O3. The van der Waals surface area contributed by atoms with Crippen LogP contribution in [0.1, 0.15) is 28.3 Å². The van der Waals surface area contributed by atoms with Crippen molar-refractivity contribution in [1.82, 2.24) is 28.7 Å². The van der Waals surface area contributed by atoms with Gasteiger partial charge in [0.15, 0.2) is 11.5 Å². The van der Waals surface area contributed by atoms with Crippen molar-refractivity contribution >= 4 is 17.4 Å². The van der Waals surface area contributed by atoms with Crippen molar-refractivity contribution in [3.05, 3.63) is 77.5 Å². The van der Waals surface area contributed by atoms with E-state index in [4.69, 9.17) is 14.9 Å². The number of amides is 1. The minimum absolute atomic E-state index is 0.0882. The number of carbonyl (C=O) groups excluding carboxylic acids is 1. The number of hydrogen-bond acceptors (Lipinski definition) is 5. The molecule has 1 amide bonds. The third-order valence-electron chi connectivity index (χ3n) is 6.56. The molecule has 14 heteroatoms. The zero-order valence-electron chi connectivity index (χ0n) is 22.2. The van der Waals surface area contributed by atoms with Crippen LogP contribution in [0.3, 0.4) is 0 Å². The minimum atomic E-state index is -5.08. The topological polar surface area (TPSA) is 96.0 Å². The smallest absolute Gasteiger partial charge is 0.475 e. The number of hydrogen-bond donors (Lipinski definition) is 1. The van der Waals surface area contributed by atoms with Gasteiger partial charge in [0, 0.05) is 43.7 Å². The molecule has 41 heavy (non-hydrogen) atoms. The Labute approximate surface area is 231 Å². The number of aromatic nitrogens is 4. The molecule has 1 fully saturated rings. The van der Waals surface area contributed by atoms with E-state index in [1.165, 1.54) is 12.1 Å². The van der Waals surface area contributed by atoms with Gasteiger partial charge >= 0.3 is 12.1 Å². The van der Waals surface area contributed by atoms with Crippen LogP contribution in [0.4, 0.5) is 22.0 Å². The maximum absolute atomic E-state index is 14.2. The molecule has 4 aromatic rings.